The van der Waals surface area contributed by atoms with Gasteiger partial charge in [0.05, 0.1) is 25.2 Å². The summed E-state index contributed by atoms with van der Waals surface area (Å²) in [6, 6.07) is 1.84. The molecule has 1 aliphatic heterocycles. The second-order valence-electron chi connectivity index (χ2n) is 5.23. The molecule has 0 bridgehead atoms. The van der Waals surface area contributed by atoms with E-state index in [9.17, 15) is 9.90 Å². The highest BCUT2D eigenvalue weighted by molar-refractivity contribution is 5.72. The molecule has 1 saturated heterocycles. The average molecular weight is 281 g/mol. The SMILES string of the molecule is CCOC(=O)[C@H]1CCCN(C[C@@H](O)Cn2cccn2)C1. The van der Waals surface area contributed by atoms with Crippen LogP contribution in [0.1, 0.15) is 19.8 Å². The summed E-state index contributed by atoms with van der Waals surface area (Å²) in [6.07, 6.45) is 4.91. The highest BCUT2D eigenvalue weighted by Crippen LogP contribution is 2.18. The Balaban J connectivity index is 1.78. The third-order valence-electron chi connectivity index (χ3n) is 3.55. The van der Waals surface area contributed by atoms with E-state index in [1.165, 1.54) is 0 Å². The predicted octanol–water partition coefficient (Wildman–Crippen LogP) is 0.519. The van der Waals surface area contributed by atoms with Gasteiger partial charge < -0.3 is 9.84 Å². The van der Waals surface area contributed by atoms with Crippen LogP contribution < -0.4 is 0 Å². The van der Waals surface area contributed by atoms with Crippen molar-refractivity contribution in [3.8, 4) is 0 Å². The first-order valence-corrected chi connectivity index (χ1v) is 7.23. The molecule has 6 nitrogen and oxygen atoms in total. The van der Waals surface area contributed by atoms with Crippen molar-refractivity contribution in [2.75, 3.05) is 26.2 Å². The summed E-state index contributed by atoms with van der Waals surface area (Å²) in [6.45, 7) is 4.90. The molecule has 0 saturated carbocycles. The molecule has 0 radical (unpaired) electrons. The first-order chi connectivity index (χ1) is 9.69. The number of β-amino-alcohol motifs (C(OH)–C–C–N with tert-alkyl or cyclic N) is 1. The molecule has 2 atom stereocenters. The van der Waals surface area contributed by atoms with Crippen molar-refractivity contribution < 1.29 is 14.6 Å². The number of aliphatic hydroxyl groups is 1. The maximum atomic E-state index is 11.8. The van der Waals surface area contributed by atoms with Gasteiger partial charge in [-0.3, -0.25) is 14.4 Å². The smallest absolute Gasteiger partial charge is 0.310 e. The van der Waals surface area contributed by atoms with E-state index >= 15 is 0 Å². The van der Waals surface area contributed by atoms with Crippen LogP contribution in [0.4, 0.5) is 0 Å². The van der Waals surface area contributed by atoms with Gasteiger partial charge >= 0.3 is 5.97 Å². The lowest BCUT2D eigenvalue weighted by atomic mass is 9.98. The number of aromatic nitrogens is 2. The quantitative estimate of drug-likeness (QED) is 0.770. The second-order valence-corrected chi connectivity index (χ2v) is 5.23. The molecule has 2 rings (SSSR count). The minimum absolute atomic E-state index is 0.0550. The maximum Gasteiger partial charge on any atom is 0.310 e. The van der Waals surface area contributed by atoms with Gasteiger partial charge in [0.25, 0.3) is 0 Å². The molecule has 6 heteroatoms. The third-order valence-corrected chi connectivity index (χ3v) is 3.55. The van der Waals surface area contributed by atoms with Gasteiger partial charge in [-0.1, -0.05) is 0 Å². The number of esters is 1. The Labute approximate surface area is 119 Å². The summed E-state index contributed by atoms with van der Waals surface area (Å²) in [5.41, 5.74) is 0. The van der Waals surface area contributed by atoms with E-state index in [1.807, 2.05) is 19.2 Å². The molecule has 1 aromatic rings. The summed E-state index contributed by atoms with van der Waals surface area (Å²) < 4.78 is 6.80. The first-order valence-electron chi connectivity index (χ1n) is 7.23. The Hall–Kier alpha value is -1.40. The number of hydrogen-bond acceptors (Lipinski definition) is 5. The van der Waals surface area contributed by atoms with Crippen molar-refractivity contribution >= 4 is 5.97 Å². The zero-order valence-electron chi connectivity index (χ0n) is 11.9. The molecule has 112 valence electrons. The van der Waals surface area contributed by atoms with Gasteiger partial charge in [-0.05, 0) is 32.4 Å². The van der Waals surface area contributed by atoms with Crippen molar-refractivity contribution in [2.45, 2.75) is 32.4 Å². The van der Waals surface area contributed by atoms with Crippen molar-refractivity contribution in [1.82, 2.24) is 14.7 Å². The van der Waals surface area contributed by atoms with Gasteiger partial charge in [-0.25, -0.2) is 0 Å². The number of hydrogen-bond donors (Lipinski definition) is 1. The fourth-order valence-corrected chi connectivity index (χ4v) is 2.65. The third kappa shape index (κ3) is 4.31. The van der Waals surface area contributed by atoms with Gasteiger partial charge in [-0.15, -0.1) is 0 Å². The molecule has 0 spiro atoms. The van der Waals surface area contributed by atoms with Gasteiger partial charge in [-0.2, -0.15) is 5.10 Å². The fourth-order valence-electron chi connectivity index (χ4n) is 2.65. The molecule has 1 aliphatic rings. The lowest BCUT2D eigenvalue weighted by Gasteiger charge is -2.32. The molecule has 0 aliphatic carbocycles. The highest BCUT2D eigenvalue weighted by Gasteiger charge is 2.27. The van der Waals surface area contributed by atoms with Crippen LogP contribution in [0.15, 0.2) is 18.5 Å². The van der Waals surface area contributed by atoms with Crippen LogP contribution in [-0.4, -0.2) is 58.1 Å². The molecule has 20 heavy (non-hydrogen) atoms. The van der Waals surface area contributed by atoms with Gasteiger partial charge in [0, 0.05) is 25.5 Å². The topological polar surface area (TPSA) is 67.6 Å². The summed E-state index contributed by atoms with van der Waals surface area (Å²) in [5.74, 6) is -0.167. The van der Waals surface area contributed by atoms with Crippen LogP contribution in [0.25, 0.3) is 0 Å². The van der Waals surface area contributed by atoms with Gasteiger partial charge in [0.15, 0.2) is 0 Å². The average Bonchev–Trinajstić information content (AvgIpc) is 2.92. The Bertz CT molecular complexity index is 408. The van der Waals surface area contributed by atoms with E-state index in [0.717, 1.165) is 19.4 Å². The van der Waals surface area contributed by atoms with Crippen LogP contribution >= 0.6 is 0 Å². The maximum absolute atomic E-state index is 11.8. The standard InChI is InChI=1S/C14H23N3O3/c1-2-20-14(19)12-5-3-7-16(9-12)10-13(18)11-17-8-4-6-15-17/h4,6,8,12-13,18H,2-3,5,7,9-11H2,1H3/t12-,13+/m0/s1. The lowest BCUT2D eigenvalue weighted by molar-refractivity contribution is -0.150. The van der Waals surface area contributed by atoms with E-state index in [0.29, 0.717) is 26.2 Å². The van der Waals surface area contributed by atoms with Gasteiger partial charge in [0.2, 0.25) is 0 Å². The fraction of sp³-hybridized carbons (Fsp3) is 0.714. The van der Waals surface area contributed by atoms with Crippen LogP contribution in [-0.2, 0) is 16.1 Å². The Morgan fingerprint density at radius 2 is 2.40 bits per heavy atom. The Morgan fingerprint density at radius 3 is 3.10 bits per heavy atom. The number of carbonyl (C=O) groups excluding carboxylic acids is 1. The van der Waals surface area contributed by atoms with Crippen molar-refractivity contribution in [2.24, 2.45) is 5.92 Å². The number of aliphatic hydroxyl groups excluding tert-OH is 1. The molecule has 0 aromatic carbocycles. The number of likely N-dealkylation sites (tertiary alicyclic amines) is 1. The summed E-state index contributed by atoms with van der Waals surface area (Å²) >= 11 is 0. The van der Waals surface area contributed by atoms with E-state index in [2.05, 4.69) is 10.00 Å². The van der Waals surface area contributed by atoms with Crippen LogP contribution in [0.3, 0.4) is 0 Å². The molecule has 1 fully saturated rings. The second kappa shape index (κ2) is 7.40. The van der Waals surface area contributed by atoms with Crippen LogP contribution in [0.5, 0.6) is 0 Å². The Kier molecular flexibility index (Phi) is 5.55. The summed E-state index contributed by atoms with van der Waals surface area (Å²) in [7, 11) is 0. The van der Waals surface area contributed by atoms with Crippen molar-refractivity contribution in [1.29, 1.82) is 0 Å². The monoisotopic (exact) mass is 281 g/mol. The van der Waals surface area contributed by atoms with E-state index in [4.69, 9.17) is 4.74 Å². The number of ether oxygens (including phenoxy) is 1. The summed E-state index contributed by atoms with van der Waals surface area (Å²) in [5, 5.41) is 14.2. The van der Waals surface area contributed by atoms with Gasteiger partial charge in [0.1, 0.15) is 0 Å². The molecular formula is C14H23N3O3. The zero-order valence-corrected chi connectivity index (χ0v) is 11.9. The van der Waals surface area contributed by atoms with E-state index in [1.54, 1.807) is 10.9 Å². The first kappa shape index (κ1) is 15.0. The number of nitrogens with zero attached hydrogens (tertiary/aromatic N) is 3. The van der Waals surface area contributed by atoms with E-state index < -0.39 is 6.10 Å². The largest absolute Gasteiger partial charge is 0.466 e. The van der Waals surface area contributed by atoms with E-state index in [-0.39, 0.29) is 11.9 Å². The van der Waals surface area contributed by atoms with Crippen molar-refractivity contribution in [3.05, 3.63) is 18.5 Å². The number of piperidine rings is 1. The van der Waals surface area contributed by atoms with Crippen LogP contribution in [0.2, 0.25) is 0 Å². The normalized spacial score (nSPS) is 21.6. The minimum atomic E-state index is -0.476. The number of rotatable bonds is 6. The molecule has 1 aromatic heterocycles. The van der Waals surface area contributed by atoms with Crippen molar-refractivity contribution in [3.63, 3.8) is 0 Å². The Morgan fingerprint density at radius 1 is 1.55 bits per heavy atom. The van der Waals surface area contributed by atoms with Crippen LogP contribution in [0, 0.1) is 5.92 Å². The molecule has 0 amide bonds. The molecule has 1 N–H and O–H groups in total. The molecular weight excluding hydrogens is 258 g/mol. The molecule has 2 heterocycles. The highest BCUT2D eigenvalue weighted by atomic mass is 16.5. The lowest BCUT2D eigenvalue weighted by Crippen LogP contribution is -2.43. The zero-order chi connectivity index (χ0) is 14.4. The molecule has 0 unspecified atom stereocenters. The number of carbonyl (C=O) groups is 1. The summed E-state index contributed by atoms with van der Waals surface area (Å²) in [4.78, 5) is 13.9. The predicted molar refractivity (Wildman–Crippen MR) is 74.0 cm³/mol. The minimum Gasteiger partial charge on any atom is -0.466 e.